The Morgan fingerprint density at radius 2 is 1.62 bits per heavy atom. The first kappa shape index (κ1) is 31.1. The number of alkyl carbamates (subject to hydrolysis) is 1. The Morgan fingerprint density at radius 1 is 1.00 bits per heavy atom. The molecule has 0 fully saturated rings. The summed E-state index contributed by atoms with van der Waals surface area (Å²) in [6.45, 7) is 10.5. The zero-order valence-corrected chi connectivity index (χ0v) is 23.7. The highest BCUT2D eigenvalue weighted by Crippen LogP contribution is 2.29. The molecule has 212 valence electrons. The molecule has 4 amide bonds. The molecular weight excluding hydrogens is 500 g/mol. The number of primary amides is 1. The minimum absolute atomic E-state index is 0.0583. The number of nitrogens with two attached hydrogens (primary N) is 1. The first-order valence-corrected chi connectivity index (χ1v) is 12.8. The third-order valence-electron chi connectivity index (χ3n) is 5.85. The van der Waals surface area contributed by atoms with Gasteiger partial charge in [-0.1, -0.05) is 24.3 Å². The van der Waals surface area contributed by atoms with Crippen LogP contribution in [0.2, 0.25) is 0 Å². The van der Waals surface area contributed by atoms with E-state index in [1.807, 2.05) is 19.1 Å². The number of carbonyl (C=O) groups excluding carboxylic acids is 4. The van der Waals surface area contributed by atoms with Gasteiger partial charge in [0.2, 0.25) is 11.8 Å². The van der Waals surface area contributed by atoms with Crippen molar-refractivity contribution < 1.29 is 28.7 Å². The number of anilines is 1. The zero-order chi connectivity index (χ0) is 29.3. The molecule has 0 saturated carbocycles. The summed E-state index contributed by atoms with van der Waals surface area (Å²) < 4.78 is 10.5. The number of ether oxygens (including phenoxy) is 2. The Labute approximate surface area is 230 Å². The molecule has 10 nitrogen and oxygen atoms in total. The number of rotatable bonds is 11. The normalized spacial score (nSPS) is 12.7. The van der Waals surface area contributed by atoms with Gasteiger partial charge in [-0.2, -0.15) is 0 Å². The van der Waals surface area contributed by atoms with Crippen LogP contribution < -0.4 is 21.1 Å². The Morgan fingerprint density at radius 3 is 2.13 bits per heavy atom. The van der Waals surface area contributed by atoms with Crippen molar-refractivity contribution in [3.8, 4) is 5.75 Å². The van der Waals surface area contributed by atoms with Crippen molar-refractivity contribution in [2.24, 2.45) is 5.73 Å². The molecule has 0 aliphatic carbocycles. The molecule has 2 aromatic carbocycles. The average molecular weight is 541 g/mol. The molecular formula is C29H40N4O6. The van der Waals surface area contributed by atoms with Gasteiger partial charge in [0.05, 0.1) is 7.11 Å². The van der Waals surface area contributed by atoms with Crippen LogP contribution >= 0.6 is 0 Å². The van der Waals surface area contributed by atoms with E-state index in [9.17, 15) is 19.2 Å². The lowest BCUT2D eigenvalue weighted by atomic mass is 9.96. The van der Waals surface area contributed by atoms with Gasteiger partial charge in [-0.25, -0.2) is 4.79 Å². The molecule has 0 aliphatic rings. The Bertz CT molecular complexity index is 1160. The fraction of sp³-hybridized carbons (Fsp3) is 0.448. The highest BCUT2D eigenvalue weighted by molar-refractivity contribution is 5.99. The first-order chi connectivity index (χ1) is 18.2. The summed E-state index contributed by atoms with van der Waals surface area (Å²) in [7, 11) is 1.55. The van der Waals surface area contributed by atoms with Crippen molar-refractivity contribution in [3.63, 3.8) is 0 Å². The van der Waals surface area contributed by atoms with E-state index in [2.05, 4.69) is 10.6 Å². The SMILES string of the molecule is COc1ccc(NC(=O)C(c2ccccc2C)N(C(=O)C(CCC(N)=O)NC(=O)OC(C)(C)C)C(C)C)cc1. The minimum atomic E-state index is -1.16. The van der Waals surface area contributed by atoms with Gasteiger partial charge in [0, 0.05) is 18.2 Å². The van der Waals surface area contributed by atoms with E-state index in [0.29, 0.717) is 17.0 Å². The summed E-state index contributed by atoms with van der Waals surface area (Å²) in [5, 5.41) is 5.48. The molecule has 0 spiro atoms. The van der Waals surface area contributed by atoms with Crippen molar-refractivity contribution in [1.29, 1.82) is 0 Å². The molecule has 4 N–H and O–H groups in total. The maximum absolute atomic E-state index is 14.1. The standard InChI is InChI=1S/C29H40N4O6/c1-18(2)33(27(36)23(16-17-24(30)34)32-28(37)39-29(4,5)6)25(22-11-9-8-10-19(22)3)26(35)31-20-12-14-21(38-7)15-13-20/h8-15,18,23,25H,16-17H2,1-7H3,(H2,30,34)(H,31,35)(H,32,37). The molecule has 39 heavy (non-hydrogen) atoms. The highest BCUT2D eigenvalue weighted by atomic mass is 16.6. The van der Waals surface area contributed by atoms with Crippen LogP contribution in [0, 0.1) is 6.92 Å². The molecule has 0 bridgehead atoms. The van der Waals surface area contributed by atoms with E-state index in [1.165, 1.54) is 4.90 Å². The molecule has 2 aromatic rings. The van der Waals surface area contributed by atoms with Crippen LogP contribution in [0.5, 0.6) is 5.75 Å². The third-order valence-corrected chi connectivity index (χ3v) is 5.85. The number of nitrogens with zero attached hydrogens (tertiary/aromatic N) is 1. The largest absolute Gasteiger partial charge is 0.497 e. The van der Waals surface area contributed by atoms with E-state index in [-0.39, 0.29) is 12.8 Å². The highest BCUT2D eigenvalue weighted by Gasteiger charge is 2.38. The van der Waals surface area contributed by atoms with Crippen LogP contribution in [-0.2, 0) is 19.1 Å². The van der Waals surface area contributed by atoms with Gasteiger partial charge in [0.1, 0.15) is 23.4 Å². The lowest BCUT2D eigenvalue weighted by Gasteiger charge is -2.37. The van der Waals surface area contributed by atoms with Crippen molar-refractivity contribution >= 4 is 29.5 Å². The Balaban J connectivity index is 2.52. The molecule has 2 unspecified atom stereocenters. The van der Waals surface area contributed by atoms with Gasteiger partial charge in [-0.3, -0.25) is 14.4 Å². The van der Waals surface area contributed by atoms with Crippen LogP contribution in [0.1, 0.15) is 64.6 Å². The van der Waals surface area contributed by atoms with Gasteiger partial charge < -0.3 is 30.7 Å². The molecule has 0 saturated heterocycles. The predicted molar refractivity (Wildman–Crippen MR) is 149 cm³/mol. The summed E-state index contributed by atoms with van der Waals surface area (Å²) in [5.41, 5.74) is 6.50. The van der Waals surface area contributed by atoms with Crippen molar-refractivity contribution in [2.45, 2.75) is 78.1 Å². The molecule has 0 aliphatic heterocycles. The van der Waals surface area contributed by atoms with Crippen molar-refractivity contribution in [3.05, 3.63) is 59.7 Å². The number of methoxy groups -OCH3 is 1. The first-order valence-electron chi connectivity index (χ1n) is 12.8. The number of aryl methyl sites for hydroxylation is 1. The van der Waals surface area contributed by atoms with Crippen molar-refractivity contribution in [2.75, 3.05) is 12.4 Å². The fourth-order valence-electron chi connectivity index (χ4n) is 4.05. The van der Waals surface area contributed by atoms with Gasteiger partial charge in [-0.15, -0.1) is 0 Å². The van der Waals surface area contributed by atoms with Crippen LogP contribution in [-0.4, -0.2) is 53.5 Å². The third kappa shape index (κ3) is 9.31. The second-order valence-electron chi connectivity index (χ2n) is 10.5. The smallest absolute Gasteiger partial charge is 0.408 e. The summed E-state index contributed by atoms with van der Waals surface area (Å²) in [4.78, 5) is 53.5. The predicted octanol–water partition coefficient (Wildman–Crippen LogP) is 4.08. The van der Waals surface area contributed by atoms with E-state index in [0.717, 1.165) is 5.56 Å². The molecule has 2 atom stereocenters. The molecule has 0 heterocycles. The second kappa shape index (κ2) is 13.6. The lowest BCUT2D eigenvalue weighted by Crippen LogP contribution is -2.54. The lowest BCUT2D eigenvalue weighted by molar-refractivity contribution is -0.143. The van der Waals surface area contributed by atoms with E-state index in [4.69, 9.17) is 15.2 Å². The molecule has 10 heteroatoms. The van der Waals surface area contributed by atoms with E-state index >= 15 is 0 Å². The van der Waals surface area contributed by atoms with Crippen molar-refractivity contribution in [1.82, 2.24) is 10.2 Å². The summed E-state index contributed by atoms with van der Waals surface area (Å²) in [6, 6.07) is 11.5. The van der Waals surface area contributed by atoms with Gasteiger partial charge in [0.25, 0.3) is 5.91 Å². The fourth-order valence-corrected chi connectivity index (χ4v) is 4.05. The van der Waals surface area contributed by atoms with Crippen LogP contribution in [0.15, 0.2) is 48.5 Å². The van der Waals surface area contributed by atoms with Gasteiger partial charge in [0.15, 0.2) is 0 Å². The van der Waals surface area contributed by atoms with E-state index < -0.39 is 47.5 Å². The number of amides is 4. The van der Waals surface area contributed by atoms with Gasteiger partial charge in [-0.05, 0) is 83.4 Å². The molecule has 2 rings (SSSR count). The minimum Gasteiger partial charge on any atom is -0.497 e. The monoisotopic (exact) mass is 540 g/mol. The maximum atomic E-state index is 14.1. The number of nitrogens with one attached hydrogen (secondary N) is 2. The van der Waals surface area contributed by atoms with E-state index in [1.54, 1.807) is 78.1 Å². The summed E-state index contributed by atoms with van der Waals surface area (Å²) in [6.07, 6.45) is -1.02. The maximum Gasteiger partial charge on any atom is 0.408 e. The summed E-state index contributed by atoms with van der Waals surface area (Å²) in [5.74, 6) is -0.979. The van der Waals surface area contributed by atoms with Crippen LogP contribution in [0.4, 0.5) is 10.5 Å². The number of benzene rings is 2. The summed E-state index contributed by atoms with van der Waals surface area (Å²) >= 11 is 0. The molecule has 0 radical (unpaired) electrons. The molecule has 0 aromatic heterocycles. The topological polar surface area (TPSA) is 140 Å². The van der Waals surface area contributed by atoms with Gasteiger partial charge >= 0.3 is 6.09 Å². The number of hydrogen-bond donors (Lipinski definition) is 3. The number of hydrogen-bond acceptors (Lipinski definition) is 6. The zero-order valence-electron chi connectivity index (χ0n) is 23.7. The van der Waals surface area contributed by atoms with Crippen LogP contribution in [0.3, 0.4) is 0 Å². The quantitative estimate of drug-likeness (QED) is 0.392. The number of carbonyl (C=O) groups is 4. The van der Waals surface area contributed by atoms with Crippen LogP contribution in [0.25, 0.3) is 0 Å². The average Bonchev–Trinajstić information content (AvgIpc) is 2.84. The second-order valence-corrected chi connectivity index (χ2v) is 10.5. The Kier molecular flexibility index (Phi) is 10.9. The Hall–Kier alpha value is -4.08.